The number of H-pyrrole nitrogens is 1. The molecule has 1 aliphatic rings. The highest BCUT2D eigenvalue weighted by Gasteiger charge is 2.22. The van der Waals surface area contributed by atoms with Crippen molar-refractivity contribution in [1.82, 2.24) is 25.8 Å². The normalized spacial score (nSPS) is 17.1. The van der Waals surface area contributed by atoms with Crippen LogP contribution in [-0.4, -0.2) is 53.9 Å². The predicted octanol–water partition coefficient (Wildman–Crippen LogP) is 2.89. The van der Waals surface area contributed by atoms with Crippen molar-refractivity contribution >= 4 is 11.6 Å². The first-order valence-electron chi connectivity index (χ1n) is 10.6. The first-order valence-corrected chi connectivity index (χ1v) is 10.6. The minimum atomic E-state index is -0.194. The molecule has 31 heavy (non-hydrogen) atoms. The van der Waals surface area contributed by atoms with Crippen LogP contribution in [0, 0.1) is 12.7 Å². The Morgan fingerprint density at radius 3 is 3.06 bits per heavy atom. The lowest BCUT2D eigenvalue weighted by Crippen LogP contribution is -2.51. The second-order valence-corrected chi connectivity index (χ2v) is 7.69. The van der Waals surface area contributed by atoms with E-state index < -0.39 is 0 Å². The number of nitrogens with zero attached hydrogens (tertiary/aromatic N) is 4. The zero-order valence-corrected chi connectivity index (χ0v) is 17.9. The van der Waals surface area contributed by atoms with Gasteiger partial charge in [0.1, 0.15) is 11.6 Å². The number of anilines is 1. The second-order valence-electron chi connectivity index (χ2n) is 7.69. The van der Waals surface area contributed by atoms with E-state index in [9.17, 15) is 4.39 Å². The van der Waals surface area contributed by atoms with E-state index in [0.29, 0.717) is 24.6 Å². The van der Waals surface area contributed by atoms with Crippen LogP contribution in [0.5, 0.6) is 0 Å². The Kier molecular flexibility index (Phi) is 6.49. The molecule has 164 valence electrons. The summed E-state index contributed by atoms with van der Waals surface area (Å²) in [6.07, 6.45) is 4.41. The van der Waals surface area contributed by atoms with Crippen LogP contribution >= 0.6 is 0 Å². The van der Waals surface area contributed by atoms with E-state index in [4.69, 9.17) is 4.42 Å². The van der Waals surface area contributed by atoms with E-state index in [1.165, 1.54) is 6.07 Å². The third-order valence-corrected chi connectivity index (χ3v) is 5.41. The fraction of sp³-hybridized carbons (Fsp3) is 0.409. The van der Waals surface area contributed by atoms with Gasteiger partial charge >= 0.3 is 0 Å². The van der Waals surface area contributed by atoms with Crippen LogP contribution in [0.4, 0.5) is 10.1 Å². The lowest BCUT2D eigenvalue weighted by molar-refractivity contribution is 0.467. The molecule has 1 unspecified atom stereocenters. The number of rotatable bonds is 6. The monoisotopic (exact) mass is 425 g/mol. The molecule has 1 atom stereocenters. The van der Waals surface area contributed by atoms with Crippen LogP contribution in [0.15, 0.2) is 46.0 Å². The molecule has 2 aromatic heterocycles. The Balaban J connectivity index is 1.28. The molecule has 3 aromatic rings. The van der Waals surface area contributed by atoms with Crippen molar-refractivity contribution in [2.75, 3.05) is 31.6 Å². The van der Waals surface area contributed by atoms with Gasteiger partial charge < -0.3 is 20.0 Å². The summed E-state index contributed by atoms with van der Waals surface area (Å²) in [7, 11) is 1.77. The van der Waals surface area contributed by atoms with E-state index in [0.717, 1.165) is 49.0 Å². The van der Waals surface area contributed by atoms with Gasteiger partial charge in [0.15, 0.2) is 11.7 Å². The minimum Gasteiger partial charge on any atom is -0.461 e. The maximum Gasteiger partial charge on any atom is 0.216 e. The highest BCUT2D eigenvalue weighted by molar-refractivity contribution is 5.80. The summed E-state index contributed by atoms with van der Waals surface area (Å²) in [5.41, 5.74) is 2.05. The average molecular weight is 426 g/mol. The third-order valence-electron chi connectivity index (χ3n) is 5.41. The molecular weight excluding hydrogens is 397 g/mol. The van der Waals surface area contributed by atoms with E-state index in [2.05, 4.69) is 35.7 Å². The number of furan rings is 1. The van der Waals surface area contributed by atoms with E-state index in [1.807, 2.05) is 25.1 Å². The Bertz CT molecular complexity index is 1010. The molecule has 1 fully saturated rings. The van der Waals surface area contributed by atoms with E-state index in [-0.39, 0.29) is 11.9 Å². The molecule has 3 N–H and O–H groups in total. The first-order chi connectivity index (χ1) is 15.1. The van der Waals surface area contributed by atoms with Gasteiger partial charge in [-0.1, -0.05) is 0 Å². The van der Waals surface area contributed by atoms with Crippen LogP contribution in [0.3, 0.4) is 0 Å². The zero-order chi connectivity index (χ0) is 21.6. The minimum absolute atomic E-state index is 0.194. The van der Waals surface area contributed by atoms with Crippen molar-refractivity contribution in [3.05, 3.63) is 53.8 Å². The molecule has 1 aromatic carbocycles. The Morgan fingerprint density at radius 2 is 2.29 bits per heavy atom. The molecule has 0 spiro atoms. The quantitative estimate of drug-likeness (QED) is 0.415. The van der Waals surface area contributed by atoms with Crippen LogP contribution in [-0.2, 0) is 6.42 Å². The molecule has 0 saturated carbocycles. The summed E-state index contributed by atoms with van der Waals surface area (Å²) in [5.74, 6) is 2.55. The number of piperidine rings is 1. The van der Waals surface area contributed by atoms with Crippen molar-refractivity contribution in [3.8, 4) is 11.6 Å². The number of aliphatic imine (C=N–C) groups is 1. The summed E-state index contributed by atoms with van der Waals surface area (Å²) in [6.45, 7) is 4.44. The maximum atomic E-state index is 13.5. The van der Waals surface area contributed by atoms with Crippen LogP contribution in [0.25, 0.3) is 11.6 Å². The van der Waals surface area contributed by atoms with Gasteiger partial charge in [0, 0.05) is 44.8 Å². The fourth-order valence-electron chi connectivity index (χ4n) is 3.90. The average Bonchev–Trinajstić information content (AvgIpc) is 3.45. The smallest absolute Gasteiger partial charge is 0.216 e. The van der Waals surface area contributed by atoms with Crippen LogP contribution in [0.1, 0.15) is 24.2 Å². The number of guanidine groups is 1. The number of aryl methyl sites for hydroxylation is 1. The molecule has 8 nitrogen and oxygen atoms in total. The van der Waals surface area contributed by atoms with Gasteiger partial charge in [-0.3, -0.25) is 10.1 Å². The van der Waals surface area contributed by atoms with Gasteiger partial charge in [0.05, 0.1) is 6.26 Å². The van der Waals surface area contributed by atoms with Crippen molar-refractivity contribution in [3.63, 3.8) is 0 Å². The summed E-state index contributed by atoms with van der Waals surface area (Å²) < 4.78 is 18.8. The predicted molar refractivity (Wildman–Crippen MR) is 119 cm³/mol. The van der Waals surface area contributed by atoms with Crippen molar-refractivity contribution < 1.29 is 8.81 Å². The van der Waals surface area contributed by atoms with Crippen LogP contribution < -0.4 is 15.5 Å². The maximum absolute atomic E-state index is 13.5. The van der Waals surface area contributed by atoms with E-state index >= 15 is 0 Å². The van der Waals surface area contributed by atoms with Gasteiger partial charge in [-0.2, -0.15) is 5.10 Å². The SMILES string of the molecule is CN=C(NCCc1nc(-c2ccco2)n[nH]1)NC1CCCN(c2ccc(F)cc2C)C1. The molecule has 0 aliphatic carbocycles. The third kappa shape index (κ3) is 5.22. The largest absolute Gasteiger partial charge is 0.461 e. The Labute approximate surface area is 181 Å². The second kappa shape index (κ2) is 9.63. The van der Waals surface area contributed by atoms with Crippen LogP contribution in [0.2, 0.25) is 0 Å². The molecule has 0 radical (unpaired) electrons. The van der Waals surface area contributed by atoms with Gasteiger partial charge in [0.2, 0.25) is 5.82 Å². The molecule has 1 aliphatic heterocycles. The van der Waals surface area contributed by atoms with Gasteiger partial charge in [-0.25, -0.2) is 9.37 Å². The molecule has 9 heteroatoms. The number of aromatic amines is 1. The highest BCUT2D eigenvalue weighted by atomic mass is 19.1. The highest BCUT2D eigenvalue weighted by Crippen LogP contribution is 2.24. The fourth-order valence-corrected chi connectivity index (χ4v) is 3.90. The van der Waals surface area contributed by atoms with Gasteiger partial charge in [-0.15, -0.1) is 0 Å². The summed E-state index contributed by atoms with van der Waals surface area (Å²) in [4.78, 5) is 11.1. The van der Waals surface area contributed by atoms with Crippen molar-refractivity contribution in [2.24, 2.45) is 4.99 Å². The summed E-state index contributed by atoms with van der Waals surface area (Å²) in [5, 5.41) is 14.0. The number of hydrogen-bond donors (Lipinski definition) is 3. The zero-order valence-electron chi connectivity index (χ0n) is 17.9. The first kappa shape index (κ1) is 20.9. The Morgan fingerprint density at radius 1 is 1.39 bits per heavy atom. The molecule has 3 heterocycles. The van der Waals surface area contributed by atoms with Crippen molar-refractivity contribution in [1.29, 1.82) is 0 Å². The van der Waals surface area contributed by atoms with Gasteiger partial charge in [-0.05, 0) is 55.7 Å². The molecule has 4 rings (SSSR count). The lowest BCUT2D eigenvalue weighted by Gasteiger charge is -2.36. The standard InChI is InChI=1S/C22H28FN7O/c1-15-13-16(23)7-8-18(15)30-11-3-5-17(14-30)26-22(24-2)25-10-9-20-27-21(29-28-20)19-6-4-12-31-19/h4,6-8,12-13,17H,3,5,9-11,14H2,1-2H3,(H2,24,25,26)(H,27,28,29). The molecule has 0 amide bonds. The topological polar surface area (TPSA) is 94.4 Å². The molecule has 0 bridgehead atoms. The van der Waals surface area contributed by atoms with Crippen molar-refractivity contribution in [2.45, 2.75) is 32.2 Å². The van der Waals surface area contributed by atoms with Gasteiger partial charge in [0.25, 0.3) is 0 Å². The number of aromatic nitrogens is 3. The number of halogens is 1. The number of benzene rings is 1. The Hall–Kier alpha value is -3.36. The summed E-state index contributed by atoms with van der Waals surface area (Å²) in [6, 6.07) is 8.90. The summed E-state index contributed by atoms with van der Waals surface area (Å²) >= 11 is 0. The number of nitrogens with one attached hydrogen (secondary N) is 3. The molecule has 1 saturated heterocycles. The number of hydrogen-bond acceptors (Lipinski definition) is 5. The lowest BCUT2D eigenvalue weighted by atomic mass is 10.0. The molecular formula is C22H28FN7O. The van der Waals surface area contributed by atoms with E-state index in [1.54, 1.807) is 19.4 Å².